The van der Waals surface area contributed by atoms with Crippen LogP contribution in [0.25, 0.3) is 23.3 Å². The van der Waals surface area contributed by atoms with Gasteiger partial charge >= 0.3 is 14.1 Å². The monoisotopic (exact) mass is 922 g/mol. The van der Waals surface area contributed by atoms with Gasteiger partial charge in [0, 0.05) is 100 Å². The maximum Gasteiger partial charge on any atom is 0.376 e. The van der Waals surface area contributed by atoms with Crippen LogP contribution in [-0.4, -0.2) is 137 Å². The van der Waals surface area contributed by atoms with Crippen LogP contribution >= 0.6 is 23.2 Å². The fourth-order valence-corrected chi connectivity index (χ4v) is 10.0. The van der Waals surface area contributed by atoms with Crippen LogP contribution in [0.1, 0.15) is 69.6 Å². The van der Waals surface area contributed by atoms with E-state index in [0.29, 0.717) is 5.02 Å². The molecule has 64 heavy (non-hydrogen) atoms. The maximum atomic E-state index is 11.7. The number of benzene rings is 2. The molecule has 2 aliphatic carbocycles. The van der Waals surface area contributed by atoms with E-state index < -0.39 is 24.2 Å². The van der Waals surface area contributed by atoms with Crippen LogP contribution in [-0.2, 0) is 27.3 Å². The minimum atomic E-state index is -3.60. The van der Waals surface area contributed by atoms with Gasteiger partial charge in [-0.1, -0.05) is 54.4 Å². The van der Waals surface area contributed by atoms with Gasteiger partial charge in [-0.15, -0.1) is 0 Å². The van der Waals surface area contributed by atoms with Crippen molar-refractivity contribution in [2.24, 2.45) is 0 Å². The molecule has 2 fully saturated rings. The van der Waals surface area contributed by atoms with Gasteiger partial charge in [0.1, 0.15) is 5.82 Å². The van der Waals surface area contributed by atoms with Gasteiger partial charge in [-0.05, 0) is 107 Å². The summed E-state index contributed by atoms with van der Waals surface area (Å²) in [6, 6.07) is 19.9. The Hall–Kier alpha value is -4.19. The van der Waals surface area contributed by atoms with Gasteiger partial charge in [0.2, 0.25) is 0 Å². The number of pyridine rings is 2. The Balaban J connectivity index is 0.000000175. The Morgan fingerprint density at radius 2 is 1.19 bits per heavy atom. The molecule has 5 aromatic rings. The third-order valence-electron chi connectivity index (χ3n) is 12.6. The Morgan fingerprint density at radius 1 is 0.703 bits per heavy atom. The normalized spacial score (nSPS) is 19.4. The van der Waals surface area contributed by atoms with E-state index in [9.17, 15) is 18.5 Å². The molecule has 0 saturated carbocycles. The Kier molecular flexibility index (Phi) is 14.6. The second-order valence-corrected chi connectivity index (χ2v) is 19.3. The van der Waals surface area contributed by atoms with E-state index in [0.717, 1.165) is 122 Å². The Labute approximate surface area is 387 Å². The first-order valence-corrected chi connectivity index (χ1v) is 24.4. The zero-order valence-corrected chi connectivity index (χ0v) is 39.0. The van der Waals surface area contributed by atoms with Crippen molar-refractivity contribution in [2.45, 2.75) is 45.6 Å². The lowest BCUT2D eigenvalue weighted by Gasteiger charge is -2.40. The van der Waals surface area contributed by atoms with Crippen molar-refractivity contribution in [3.8, 4) is 0 Å². The average molecular weight is 924 g/mol. The standard InChI is InChI=1S/C25H29BClN5O.C21H25BClN3O4S/c1-3-23-28-9-10-31(23)17-19-15-18-5-4-8-29-24(18)25(21-7-6-20(27)16-22(19)21)30-11-13-32(14-12-30)26(2)33;1-22(27)26-10-8-25(9-11-26)21-18-6-5-17(23)13-19(18)16(14-30-31(2,28)29)12-15-4-3-7-24-20(15)21/h4-10,15-16,25,33H,3,11-14,17H2,1-2H3;3-7,12-13,21,27H,8-11,14H2,1-2H3. The average Bonchev–Trinajstić information content (AvgIpc) is 3.63. The molecule has 0 radical (unpaired) electrons. The van der Waals surface area contributed by atoms with Crippen LogP contribution in [0, 0.1) is 0 Å². The molecule has 13 nitrogen and oxygen atoms in total. The summed E-state index contributed by atoms with van der Waals surface area (Å²) >= 11 is 12.9. The molecule has 3 aromatic heterocycles. The molecule has 4 aliphatic rings. The summed E-state index contributed by atoms with van der Waals surface area (Å²) in [4.78, 5) is 23.1. The number of fused-ring (bicyclic) bond motifs is 4. The molecule has 0 spiro atoms. The summed E-state index contributed by atoms with van der Waals surface area (Å²) in [7, 11) is -4.50. The predicted molar refractivity (Wildman–Crippen MR) is 257 cm³/mol. The highest BCUT2D eigenvalue weighted by Crippen LogP contribution is 2.42. The molecule has 2 aliphatic heterocycles. The molecule has 2 saturated heterocycles. The van der Waals surface area contributed by atoms with Gasteiger partial charge in [0.05, 0.1) is 36.3 Å². The molecule has 2 atom stereocenters. The van der Waals surface area contributed by atoms with Crippen molar-refractivity contribution in [2.75, 3.05) is 65.2 Å². The van der Waals surface area contributed by atoms with Crippen LogP contribution in [0.2, 0.25) is 23.7 Å². The predicted octanol–water partition coefficient (Wildman–Crippen LogP) is 6.25. The molecule has 9 rings (SSSR count). The Morgan fingerprint density at radius 3 is 1.66 bits per heavy atom. The molecular weight excluding hydrogens is 869 g/mol. The third-order valence-corrected chi connectivity index (χ3v) is 13.6. The maximum absolute atomic E-state index is 11.7. The third kappa shape index (κ3) is 10.4. The molecule has 334 valence electrons. The van der Waals surface area contributed by atoms with Gasteiger partial charge < -0.3 is 24.2 Å². The number of aryl methyl sites for hydroxylation is 1. The fraction of sp³-hybridized carbons (Fsp3) is 0.370. The number of halogens is 2. The van der Waals surface area contributed by atoms with E-state index in [2.05, 4.69) is 55.4 Å². The lowest BCUT2D eigenvalue weighted by Crippen LogP contribution is -2.52. The van der Waals surface area contributed by atoms with Gasteiger partial charge in [-0.25, -0.2) is 4.98 Å². The van der Waals surface area contributed by atoms with Crippen LogP contribution in [0.4, 0.5) is 0 Å². The highest BCUT2D eigenvalue weighted by Gasteiger charge is 2.36. The van der Waals surface area contributed by atoms with Crippen LogP contribution in [0.5, 0.6) is 0 Å². The SMILES string of the molecule is CB(O)N1CCN(C2c3ccc(Cl)cc3C(COS(C)(=O)=O)=Cc3cccnc32)CC1.CCc1nccn1CC1=Cc2cccnc2C(N2CCN(B(C)O)CC2)c2ccc(Cl)cc21. The minimum Gasteiger partial charge on any atom is -0.437 e. The van der Waals surface area contributed by atoms with Crippen molar-refractivity contribution in [3.63, 3.8) is 0 Å². The first-order valence-electron chi connectivity index (χ1n) is 21.8. The molecule has 5 heterocycles. The van der Waals surface area contributed by atoms with E-state index in [4.69, 9.17) is 37.4 Å². The van der Waals surface area contributed by atoms with Gasteiger partial charge in [-0.3, -0.25) is 24.0 Å². The number of hydrogen-bond acceptors (Lipinski definition) is 12. The highest BCUT2D eigenvalue weighted by molar-refractivity contribution is 7.86. The zero-order chi connectivity index (χ0) is 45.1. The quantitative estimate of drug-likeness (QED) is 0.121. The van der Waals surface area contributed by atoms with Crippen LogP contribution in [0.3, 0.4) is 0 Å². The van der Waals surface area contributed by atoms with E-state index in [1.165, 1.54) is 16.7 Å². The number of rotatable bonds is 10. The smallest absolute Gasteiger partial charge is 0.376 e. The number of piperazine rings is 2. The van der Waals surface area contributed by atoms with Crippen LogP contribution < -0.4 is 0 Å². The topological polar surface area (TPSA) is 140 Å². The number of nitrogens with zero attached hydrogens (tertiary/aromatic N) is 8. The van der Waals surface area contributed by atoms with E-state index in [1.54, 1.807) is 13.0 Å². The van der Waals surface area contributed by atoms with Crippen molar-refractivity contribution < 1.29 is 22.6 Å². The van der Waals surface area contributed by atoms with Crippen molar-refractivity contribution in [1.29, 1.82) is 0 Å². The minimum absolute atomic E-state index is 0.0341. The van der Waals surface area contributed by atoms with E-state index in [-0.39, 0.29) is 18.7 Å². The fourth-order valence-electron chi connectivity index (χ4n) is 9.36. The van der Waals surface area contributed by atoms with Gasteiger partial charge in [-0.2, -0.15) is 8.42 Å². The molecule has 2 aromatic carbocycles. The largest absolute Gasteiger partial charge is 0.437 e. The lowest BCUT2D eigenvalue weighted by atomic mass is 9.84. The second-order valence-electron chi connectivity index (χ2n) is 16.8. The summed E-state index contributed by atoms with van der Waals surface area (Å²) in [5, 5.41) is 21.3. The van der Waals surface area contributed by atoms with Crippen molar-refractivity contribution in [1.82, 2.24) is 38.9 Å². The molecule has 18 heteroatoms. The van der Waals surface area contributed by atoms with E-state index >= 15 is 0 Å². The second kappa shape index (κ2) is 20.1. The van der Waals surface area contributed by atoms with Gasteiger partial charge in [0.25, 0.3) is 10.1 Å². The summed E-state index contributed by atoms with van der Waals surface area (Å²) < 4.78 is 30.7. The van der Waals surface area contributed by atoms with E-state index in [1.807, 2.05) is 78.8 Å². The summed E-state index contributed by atoms with van der Waals surface area (Å²) in [6.07, 6.45) is 13.7. The number of hydrogen-bond donors (Lipinski definition) is 2. The highest BCUT2D eigenvalue weighted by atomic mass is 35.5. The molecular formula is C46H54B2Cl2N8O5S. The lowest BCUT2D eigenvalue weighted by molar-refractivity contribution is 0.144. The summed E-state index contributed by atoms with van der Waals surface area (Å²) in [6.45, 7) is 12.8. The van der Waals surface area contributed by atoms with Crippen molar-refractivity contribution >= 4 is 70.7 Å². The summed E-state index contributed by atoms with van der Waals surface area (Å²) in [5.74, 6) is 1.07. The molecule has 2 N–H and O–H groups in total. The first kappa shape index (κ1) is 46.3. The number of imidazole rings is 1. The summed E-state index contributed by atoms with van der Waals surface area (Å²) in [5.41, 5.74) is 10.3. The van der Waals surface area contributed by atoms with Crippen LogP contribution in [0.15, 0.2) is 85.5 Å². The molecule has 0 bridgehead atoms. The first-order chi connectivity index (χ1) is 30.8. The molecule has 2 unspecified atom stereocenters. The van der Waals surface area contributed by atoms with Crippen molar-refractivity contribution in [3.05, 3.63) is 146 Å². The Bertz CT molecular complexity index is 2630. The number of allylic oxidation sites excluding steroid dienone is 1. The number of aromatic nitrogens is 4. The zero-order valence-electron chi connectivity index (χ0n) is 36.7. The molecule has 0 amide bonds. The van der Waals surface area contributed by atoms with Gasteiger partial charge in [0.15, 0.2) is 0 Å².